The Bertz CT molecular complexity index is 993. The molecule has 4 saturated carbocycles. The van der Waals surface area contributed by atoms with Crippen molar-refractivity contribution in [3.63, 3.8) is 0 Å². The molecule has 1 aromatic heterocycles. The first-order valence-electron chi connectivity index (χ1n) is 11.6. The summed E-state index contributed by atoms with van der Waals surface area (Å²) in [7, 11) is 0. The number of benzene rings is 1. The van der Waals surface area contributed by atoms with Crippen LogP contribution in [0.2, 0.25) is 0 Å². The van der Waals surface area contributed by atoms with Gasteiger partial charge in [0.05, 0.1) is 0 Å². The van der Waals surface area contributed by atoms with Crippen LogP contribution in [0.15, 0.2) is 41.8 Å². The van der Waals surface area contributed by atoms with Gasteiger partial charge in [-0.1, -0.05) is 18.2 Å². The number of alkyl carbamates (subject to hydrolysis) is 1. The number of carbonyl (C=O) groups excluding carboxylic acids is 2. The number of carbonyl (C=O) groups is 2. The van der Waals surface area contributed by atoms with Gasteiger partial charge in [-0.05, 0) is 100 Å². The van der Waals surface area contributed by atoms with Crippen molar-refractivity contribution in [2.45, 2.75) is 76.0 Å². The van der Waals surface area contributed by atoms with E-state index in [0.717, 1.165) is 37.7 Å². The Hall–Kier alpha value is -2.34. The minimum Gasteiger partial charge on any atom is -0.444 e. The fraction of sp³-hybridized carbons (Fsp3) is 0.538. The Morgan fingerprint density at radius 1 is 0.969 bits per heavy atom. The molecule has 2 amide bonds. The summed E-state index contributed by atoms with van der Waals surface area (Å²) in [5.74, 6) is 1.05. The van der Waals surface area contributed by atoms with E-state index in [0.29, 0.717) is 17.4 Å². The Morgan fingerprint density at radius 2 is 1.59 bits per heavy atom. The summed E-state index contributed by atoms with van der Waals surface area (Å²) in [6, 6.07) is 12.0. The van der Waals surface area contributed by atoms with Crippen molar-refractivity contribution < 1.29 is 14.3 Å². The third-order valence-corrected chi connectivity index (χ3v) is 8.08. The molecule has 2 unspecified atom stereocenters. The molecule has 0 aliphatic heterocycles. The fourth-order valence-electron chi connectivity index (χ4n) is 6.62. The van der Waals surface area contributed by atoms with E-state index in [9.17, 15) is 9.59 Å². The lowest BCUT2D eigenvalue weighted by atomic mass is 9.50. The number of amides is 2. The SMILES string of the molecule is CC(C)(C)OC(=O)NC12C[C@H]3C[C@@H](C1)CC(NC(=O)c1ccc(-c4cccs4)cc1)(C3)C2. The molecule has 170 valence electrons. The van der Waals surface area contributed by atoms with E-state index >= 15 is 0 Å². The van der Waals surface area contributed by atoms with Crippen LogP contribution in [0, 0.1) is 11.8 Å². The summed E-state index contributed by atoms with van der Waals surface area (Å²) >= 11 is 1.70. The molecule has 4 bridgehead atoms. The van der Waals surface area contributed by atoms with Crippen LogP contribution in [0.1, 0.15) is 69.7 Å². The van der Waals surface area contributed by atoms with Crippen molar-refractivity contribution in [3.8, 4) is 10.4 Å². The highest BCUT2D eigenvalue weighted by Gasteiger charge is 2.59. The van der Waals surface area contributed by atoms with Gasteiger partial charge in [0.15, 0.2) is 0 Å². The normalized spacial score (nSPS) is 30.7. The third-order valence-electron chi connectivity index (χ3n) is 7.16. The molecule has 1 heterocycles. The van der Waals surface area contributed by atoms with E-state index in [1.54, 1.807) is 11.3 Å². The monoisotopic (exact) mass is 452 g/mol. The predicted molar refractivity (Wildman–Crippen MR) is 127 cm³/mol. The van der Waals surface area contributed by atoms with Gasteiger partial charge in [0.1, 0.15) is 5.60 Å². The summed E-state index contributed by atoms with van der Waals surface area (Å²) in [6.45, 7) is 5.66. The van der Waals surface area contributed by atoms with E-state index in [1.807, 2.05) is 51.1 Å². The second kappa shape index (κ2) is 7.62. The molecule has 0 spiro atoms. The lowest BCUT2D eigenvalue weighted by Crippen LogP contribution is -2.70. The van der Waals surface area contributed by atoms with Crippen molar-refractivity contribution in [2.24, 2.45) is 11.8 Å². The average Bonchev–Trinajstić information content (AvgIpc) is 3.19. The maximum absolute atomic E-state index is 13.2. The minimum absolute atomic E-state index is 0.0166. The predicted octanol–water partition coefficient (Wildman–Crippen LogP) is 5.76. The second-order valence-electron chi connectivity index (χ2n) is 11.2. The molecule has 4 fully saturated rings. The van der Waals surface area contributed by atoms with Gasteiger partial charge in [0, 0.05) is 21.5 Å². The third kappa shape index (κ3) is 4.29. The molecule has 4 aliphatic rings. The van der Waals surface area contributed by atoms with Crippen LogP contribution in [-0.2, 0) is 4.74 Å². The van der Waals surface area contributed by atoms with Gasteiger partial charge in [-0.2, -0.15) is 0 Å². The van der Waals surface area contributed by atoms with Gasteiger partial charge in [0.25, 0.3) is 5.91 Å². The van der Waals surface area contributed by atoms with Gasteiger partial charge in [-0.25, -0.2) is 4.79 Å². The van der Waals surface area contributed by atoms with Crippen LogP contribution in [0.25, 0.3) is 10.4 Å². The van der Waals surface area contributed by atoms with Crippen LogP contribution >= 0.6 is 11.3 Å². The molecule has 4 aliphatic carbocycles. The van der Waals surface area contributed by atoms with Crippen molar-refractivity contribution in [1.29, 1.82) is 0 Å². The molecule has 4 atom stereocenters. The summed E-state index contributed by atoms with van der Waals surface area (Å²) in [5, 5.41) is 8.70. The molecule has 32 heavy (non-hydrogen) atoms. The van der Waals surface area contributed by atoms with Gasteiger partial charge in [-0.15, -0.1) is 11.3 Å². The van der Waals surface area contributed by atoms with Crippen molar-refractivity contribution in [2.75, 3.05) is 0 Å². The topological polar surface area (TPSA) is 67.4 Å². The Morgan fingerprint density at radius 3 is 2.16 bits per heavy atom. The van der Waals surface area contributed by atoms with E-state index in [-0.39, 0.29) is 23.1 Å². The maximum atomic E-state index is 13.2. The average molecular weight is 453 g/mol. The second-order valence-corrected chi connectivity index (χ2v) is 12.1. The molecule has 2 N–H and O–H groups in total. The van der Waals surface area contributed by atoms with Crippen molar-refractivity contribution in [1.82, 2.24) is 10.6 Å². The quantitative estimate of drug-likeness (QED) is 0.620. The number of thiophene rings is 1. The summed E-state index contributed by atoms with van der Waals surface area (Å²) in [4.78, 5) is 27.0. The van der Waals surface area contributed by atoms with E-state index in [1.165, 1.54) is 11.3 Å². The first-order valence-corrected chi connectivity index (χ1v) is 12.5. The molecule has 5 nitrogen and oxygen atoms in total. The molecular weight excluding hydrogens is 420 g/mol. The highest BCUT2D eigenvalue weighted by Crippen LogP contribution is 2.57. The van der Waals surface area contributed by atoms with E-state index < -0.39 is 5.60 Å². The van der Waals surface area contributed by atoms with Gasteiger partial charge in [0.2, 0.25) is 0 Å². The molecule has 0 saturated heterocycles. The van der Waals surface area contributed by atoms with Crippen molar-refractivity contribution >= 4 is 23.3 Å². The van der Waals surface area contributed by atoms with Crippen LogP contribution in [0.5, 0.6) is 0 Å². The van der Waals surface area contributed by atoms with Crippen molar-refractivity contribution in [3.05, 3.63) is 47.3 Å². The summed E-state index contributed by atoms with van der Waals surface area (Å²) in [5.41, 5.74) is 0.779. The molecule has 6 rings (SSSR count). The number of ether oxygens (including phenoxy) is 1. The number of hydrogen-bond acceptors (Lipinski definition) is 4. The zero-order valence-electron chi connectivity index (χ0n) is 19.1. The van der Waals surface area contributed by atoms with E-state index in [2.05, 4.69) is 22.1 Å². The maximum Gasteiger partial charge on any atom is 0.408 e. The number of nitrogens with one attached hydrogen (secondary N) is 2. The molecule has 1 aromatic carbocycles. The Balaban J connectivity index is 1.31. The zero-order chi connectivity index (χ0) is 22.6. The summed E-state index contributed by atoms with van der Waals surface area (Å²) in [6.07, 6.45) is 5.60. The van der Waals surface area contributed by atoms with Gasteiger partial charge >= 0.3 is 6.09 Å². The standard InChI is InChI=1S/C26H32N2O3S/c1-24(2,3)31-23(30)28-26-14-17-11-18(15-26)13-25(12-17,16-26)27-22(29)20-8-6-19(7-9-20)21-5-4-10-32-21/h4-10,17-18H,11-16H2,1-3H3,(H,27,29)(H,28,30)/t17-,18+,25?,26?. The molecular formula is C26H32N2O3S. The lowest BCUT2D eigenvalue weighted by molar-refractivity contribution is -0.0509. The lowest BCUT2D eigenvalue weighted by Gasteiger charge is -2.62. The molecule has 0 radical (unpaired) electrons. The number of hydrogen-bond donors (Lipinski definition) is 2. The first kappa shape index (κ1) is 21.5. The zero-order valence-corrected chi connectivity index (χ0v) is 19.9. The smallest absolute Gasteiger partial charge is 0.408 e. The Kier molecular flexibility index (Phi) is 5.12. The van der Waals surface area contributed by atoms with Gasteiger partial charge < -0.3 is 15.4 Å². The minimum atomic E-state index is -0.520. The largest absolute Gasteiger partial charge is 0.444 e. The summed E-state index contributed by atoms with van der Waals surface area (Å²) < 4.78 is 5.57. The first-order chi connectivity index (χ1) is 15.1. The Labute approximate surface area is 193 Å². The number of rotatable bonds is 4. The van der Waals surface area contributed by atoms with Gasteiger partial charge in [-0.3, -0.25) is 4.79 Å². The molecule has 6 heteroatoms. The van der Waals surface area contributed by atoms with Crippen LogP contribution in [-0.4, -0.2) is 28.7 Å². The van der Waals surface area contributed by atoms with Crippen LogP contribution in [0.4, 0.5) is 4.79 Å². The van der Waals surface area contributed by atoms with Crippen LogP contribution in [0.3, 0.4) is 0 Å². The molecule has 2 aromatic rings. The fourth-order valence-corrected chi connectivity index (χ4v) is 7.35. The highest BCUT2D eigenvalue weighted by molar-refractivity contribution is 7.13. The highest BCUT2D eigenvalue weighted by atomic mass is 32.1. The van der Waals surface area contributed by atoms with Crippen LogP contribution < -0.4 is 10.6 Å². The van der Waals surface area contributed by atoms with E-state index in [4.69, 9.17) is 4.74 Å².